The van der Waals surface area contributed by atoms with Gasteiger partial charge in [0.05, 0.1) is 18.5 Å². The third-order valence-electron chi connectivity index (χ3n) is 5.14. The van der Waals surface area contributed by atoms with E-state index in [0.717, 1.165) is 14.9 Å². The molecule has 34 heavy (non-hydrogen) atoms. The van der Waals surface area contributed by atoms with Crippen LogP contribution in [0.1, 0.15) is 15.9 Å². The summed E-state index contributed by atoms with van der Waals surface area (Å²) >= 11 is 9.63. The van der Waals surface area contributed by atoms with Gasteiger partial charge in [0, 0.05) is 15.7 Å². The van der Waals surface area contributed by atoms with E-state index in [1.165, 1.54) is 7.11 Å². The molecule has 0 saturated carbocycles. The Morgan fingerprint density at radius 3 is 2.38 bits per heavy atom. The van der Waals surface area contributed by atoms with Gasteiger partial charge in [-0.15, -0.1) is 0 Å². The Kier molecular flexibility index (Phi) is 6.72. The van der Waals surface area contributed by atoms with E-state index in [0.29, 0.717) is 28.4 Å². The molecule has 1 aliphatic heterocycles. The fourth-order valence-corrected chi connectivity index (χ4v) is 4.01. The number of nitrogens with one attached hydrogen (secondary N) is 2. The number of halogens is 2. The average Bonchev–Trinajstić information content (AvgIpc) is 3.04. The maximum Gasteiger partial charge on any atom is 0.283 e. The van der Waals surface area contributed by atoms with Gasteiger partial charge in [-0.2, -0.15) is 0 Å². The minimum absolute atomic E-state index is 0.0550. The van der Waals surface area contributed by atoms with Crippen LogP contribution in [0.2, 0.25) is 0 Å². The summed E-state index contributed by atoms with van der Waals surface area (Å²) in [7, 11) is 1.46. The number of aryl methyl sites for hydroxylation is 1. The molecule has 0 saturated heterocycles. The van der Waals surface area contributed by atoms with Crippen molar-refractivity contribution in [2.75, 3.05) is 22.6 Å². The molecule has 3 amide bonds. The number of para-hydroxylation sites is 1. The Morgan fingerprint density at radius 1 is 1.00 bits per heavy atom. The highest BCUT2D eigenvalue weighted by Crippen LogP contribution is 2.36. The molecule has 0 spiro atoms. The zero-order valence-corrected chi connectivity index (χ0v) is 20.5. The van der Waals surface area contributed by atoms with Crippen molar-refractivity contribution in [1.29, 1.82) is 0 Å². The minimum Gasteiger partial charge on any atom is -0.495 e. The maximum absolute atomic E-state index is 13.1. The lowest BCUT2D eigenvalue weighted by atomic mass is 10.1. The Hall–Kier alpha value is -3.62. The van der Waals surface area contributed by atoms with Gasteiger partial charge >= 0.3 is 0 Å². The lowest BCUT2D eigenvalue weighted by Crippen LogP contribution is -2.32. The second-order valence-electron chi connectivity index (χ2n) is 7.45. The fraction of sp³-hybridized carbons (Fsp3) is 0.0800. The Labute approximate surface area is 209 Å². The van der Waals surface area contributed by atoms with Crippen molar-refractivity contribution >= 4 is 62.3 Å². The highest BCUT2D eigenvalue weighted by molar-refractivity contribution is 9.10. The van der Waals surface area contributed by atoms with Crippen LogP contribution in [0, 0.1) is 6.92 Å². The van der Waals surface area contributed by atoms with Gasteiger partial charge in [-0.25, -0.2) is 4.90 Å². The van der Waals surface area contributed by atoms with Crippen LogP contribution >= 0.6 is 27.5 Å². The number of rotatable bonds is 6. The Balaban J connectivity index is 1.52. The molecule has 4 rings (SSSR count). The van der Waals surface area contributed by atoms with E-state index >= 15 is 0 Å². The second kappa shape index (κ2) is 9.70. The summed E-state index contributed by atoms with van der Waals surface area (Å²) in [6.45, 7) is 1.84. The molecule has 0 aromatic heterocycles. The van der Waals surface area contributed by atoms with E-state index in [1.807, 2.05) is 31.2 Å². The molecule has 0 radical (unpaired) electrons. The maximum atomic E-state index is 13.1. The number of amides is 3. The van der Waals surface area contributed by atoms with E-state index in [1.54, 1.807) is 42.5 Å². The summed E-state index contributed by atoms with van der Waals surface area (Å²) < 4.78 is 6.08. The van der Waals surface area contributed by atoms with Gasteiger partial charge in [0.25, 0.3) is 17.7 Å². The molecular formula is C25H19BrClN3O4. The first kappa shape index (κ1) is 23.5. The van der Waals surface area contributed by atoms with Crippen molar-refractivity contribution in [2.24, 2.45) is 0 Å². The van der Waals surface area contributed by atoms with Crippen LogP contribution in [0.5, 0.6) is 5.75 Å². The highest BCUT2D eigenvalue weighted by atomic mass is 79.9. The van der Waals surface area contributed by atoms with Crippen LogP contribution in [0.15, 0.2) is 81.9 Å². The van der Waals surface area contributed by atoms with Crippen LogP contribution in [-0.2, 0) is 9.59 Å². The smallest absolute Gasteiger partial charge is 0.283 e. The fourth-order valence-electron chi connectivity index (χ4n) is 3.41. The van der Waals surface area contributed by atoms with Crippen LogP contribution in [0.25, 0.3) is 0 Å². The number of anilines is 3. The molecule has 0 unspecified atom stereocenters. The molecule has 0 fully saturated rings. The molecule has 3 aromatic carbocycles. The van der Waals surface area contributed by atoms with Gasteiger partial charge in [-0.1, -0.05) is 29.8 Å². The number of hydrogen-bond acceptors (Lipinski definition) is 5. The molecule has 2 N–H and O–H groups in total. The number of imide groups is 1. The summed E-state index contributed by atoms with van der Waals surface area (Å²) in [6, 6.07) is 18.9. The second-order valence-corrected chi connectivity index (χ2v) is 8.68. The lowest BCUT2D eigenvalue weighted by Gasteiger charge is -2.18. The quantitative estimate of drug-likeness (QED) is 0.406. The van der Waals surface area contributed by atoms with Crippen molar-refractivity contribution in [3.63, 3.8) is 0 Å². The number of methoxy groups -OCH3 is 1. The van der Waals surface area contributed by atoms with Crippen LogP contribution in [0.3, 0.4) is 0 Å². The highest BCUT2D eigenvalue weighted by Gasteiger charge is 2.40. The Bertz CT molecular complexity index is 1340. The lowest BCUT2D eigenvalue weighted by molar-refractivity contribution is -0.120. The van der Waals surface area contributed by atoms with Crippen molar-refractivity contribution in [1.82, 2.24) is 0 Å². The standard InChI is InChI=1S/C25H19BrClN3O4/c1-14-7-12-20(34-2)19(13-14)30-24(32)21(27)22(25(30)33)28-16-10-8-15(9-11-16)23(31)29-18-6-4-3-5-17(18)26/h3-13,28H,1-2H3,(H,29,31). The van der Waals surface area contributed by atoms with E-state index in [9.17, 15) is 14.4 Å². The predicted octanol–water partition coefficient (Wildman–Crippen LogP) is 5.45. The predicted molar refractivity (Wildman–Crippen MR) is 135 cm³/mol. The first-order valence-corrected chi connectivity index (χ1v) is 11.3. The normalized spacial score (nSPS) is 13.4. The summed E-state index contributed by atoms with van der Waals surface area (Å²) in [5.41, 5.74) is 2.66. The van der Waals surface area contributed by atoms with Crippen LogP contribution < -0.4 is 20.3 Å². The van der Waals surface area contributed by atoms with Gasteiger partial charge < -0.3 is 15.4 Å². The molecular weight excluding hydrogens is 522 g/mol. The topological polar surface area (TPSA) is 87.7 Å². The van der Waals surface area contributed by atoms with E-state index in [-0.39, 0.29) is 16.6 Å². The molecule has 1 aliphatic rings. The van der Waals surface area contributed by atoms with Gasteiger partial charge in [0.15, 0.2) is 0 Å². The molecule has 0 atom stereocenters. The summed E-state index contributed by atoms with van der Waals surface area (Å²) in [6.07, 6.45) is 0. The number of hydrogen-bond donors (Lipinski definition) is 2. The van der Waals surface area contributed by atoms with Gasteiger partial charge in [0.2, 0.25) is 0 Å². The third kappa shape index (κ3) is 4.55. The minimum atomic E-state index is -0.650. The largest absolute Gasteiger partial charge is 0.495 e. The number of carbonyl (C=O) groups is 3. The Morgan fingerprint density at radius 2 is 1.71 bits per heavy atom. The van der Waals surface area contributed by atoms with E-state index < -0.39 is 11.8 Å². The molecule has 172 valence electrons. The van der Waals surface area contributed by atoms with E-state index in [4.69, 9.17) is 16.3 Å². The van der Waals surface area contributed by atoms with Crippen molar-refractivity contribution in [2.45, 2.75) is 6.92 Å². The summed E-state index contributed by atoms with van der Waals surface area (Å²) in [5.74, 6) is -1.17. The third-order valence-corrected chi connectivity index (χ3v) is 6.18. The number of ether oxygens (including phenoxy) is 1. The molecule has 9 heteroatoms. The summed E-state index contributed by atoms with van der Waals surface area (Å²) in [5, 5.41) is 5.50. The number of nitrogens with zero attached hydrogens (tertiary/aromatic N) is 1. The molecule has 3 aromatic rings. The molecule has 0 aliphatic carbocycles. The molecule has 1 heterocycles. The molecule has 0 bridgehead atoms. The monoisotopic (exact) mass is 539 g/mol. The number of benzene rings is 3. The van der Waals surface area contributed by atoms with E-state index in [2.05, 4.69) is 26.6 Å². The van der Waals surface area contributed by atoms with Gasteiger partial charge in [-0.05, 0) is 76.9 Å². The van der Waals surface area contributed by atoms with Crippen molar-refractivity contribution in [3.8, 4) is 5.75 Å². The van der Waals surface area contributed by atoms with Crippen molar-refractivity contribution < 1.29 is 19.1 Å². The van der Waals surface area contributed by atoms with Crippen LogP contribution in [0.4, 0.5) is 17.1 Å². The zero-order chi connectivity index (χ0) is 24.4. The number of carbonyl (C=O) groups excluding carboxylic acids is 3. The van der Waals surface area contributed by atoms with Crippen molar-refractivity contribution in [3.05, 3.63) is 93.1 Å². The first-order valence-electron chi connectivity index (χ1n) is 10.2. The van der Waals surface area contributed by atoms with Gasteiger partial charge in [0.1, 0.15) is 16.5 Å². The first-order chi connectivity index (χ1) is 16.3. The average molecular weight is 541 g/mol. The molecule has 7 nitrogen and oxygen atoms in total. The van der Waals surface area contributed by atoms with Gasteiger partial charge in [-0.3, -0.25) is 14.4 Å². The SMILES string of the molecule is COc1ccc(C)cc1N1C(=O)C(Cl)=C(Nc2ccc(C(=O)Nc3ccccc3Br)cc2)C1=O. The van der Waals surface area contributed by atoms with Crippen LogP contribution in [-0.4, -0.2) is 24.8 Å². The zero-order valence-electron chi connectivity index (χ0n) is 18.2. The summed E-state index contributed by atoms with van der Waals surface area (Å²) in [4.78, 5) is 39.4.